The van der Waals surface area contributed by atoms with Crippen LogP contribution in [0.1, 0.15) is 46.5 Å². The van der Waals surface area contributed by atoms with Crippen molar-refractivity contribution in [2.75, 3.05) is 13.1 Å². The van der Waals surface area contributed by atoms with E-state index in [1.807, 2.05) is 0 Å². The molecular weight excluding hydrogens is 134 g/mol. The van der Waals surface area contributed by atoms with Crippen LogP contribution in [0.4, 0.5) is 0 Å². The Kier molecular flexibility index (Phi) is 8.03. The lowest BCUT2D eigenvalue weighted by Crippen LogP contribution is -2.21. The minimum absolute atomic E-state index is 0.858. The van der Waals surface area contributed by atoms with E-state index in [9.17, 15) is 0 Å². The molecule has 0 aliphatic heterocycles. The number of nitrogens with one attached hydrogen (secondary N) is 1. The molecule has 0 bridgehead atoms. The highest BCUT2D eigenvalue weighted by molar-refractivity contribution is 4.55. The van der Waals surface area contributed by atoms with E-state index in [-0.39, 0.29) is 0 Å². The van der Waals surface area contributed by atoms with E-state index in [2.05, 4.69) is 26.1 Å². The van der Waals surface area contributed by atoms with Gasteiger partial charge in [-0.15, -0.1) is 0 Å². The van der Waals surface area contributed by atoms with E-state index in [4.69, 9.17) is 0 Å². The number of unbranched alkanes of at least 4 members (excludes halogenated alkanes) is 1. The SMILES string of the molecule is CCCCNC[C@H](C)CCC. The summed E-state index contributed by atoms with van der Waals surface area (Å²) in [5, 5.41) is 3.47. The van der Waals surface area contributed by atoms with Crippen LogP contribution >= 0.6 is 0 Å². The van der Waals surface area contributed by atoms with Crippen LogP contribution in [0.3, 0.4) is 0 Å². The molecule has 0 rings (SSSR count). The third kappa shape index (κ3) is 7.86. The first-order valence-electron chi connectivity index (χ1n) is 5.02. The predicted molar refractivity (Wildman–Crippen MR) is 51.8 cm³/mol. The maximum absolute atomic E-state index is 3.47. The Balaban J connectivity index is 2.97. The topological polar surface area (TPSA) is 12.0 Å². The molecule has 0 aromatic carbocycles. The minimum atomic E-state index is 0.858. The summed E-state index contributed by atoms with van der Waals surface area (Å²) in [4.78, 5) is 0. The predicted octanol–water partition coefficient (Wildman–Crippen LogP) is 2.81. The van der Waals surface area contributed by atoms with Crippen molar-refractivity contribution in [3.8, 4) is 0 Å². The van der Waals surface area contributed by atoms with E-state index in [1.165, 1.54) is 38.8 Å². The molecule has 0 spiro atoms. The Morgan fingerprint density at radius 2 is 1.91 bits per heavy atom. The molecule has 68 valence electrons. The van der Waals surface area contributed by atoms with Gasteiger partial charge < -0.3 is 5.32 Å². The molecule has 1 atom stereocenters. The largest absolute Gasteiger partial charge is 0.316 e. The van der Waals surface area contributed by atoms with Crippen LogP contribution in [0.25, 0.3) is 0 Å². The molecule has 0 aromatic rings. The lowest BCUT2D eigenvalue weighted by atomic mass is 10.1. The molecule has 1 N–H and O–H groups in total. The fourth-order valence-electron chi connectivity index (χ4n) is 1.25. The van der Waals surface area contributed by atoms with Gasteiger partial charge >= 0.3 is 0 Å². The summed E-state index contributed by atoms with van der Waals surface area (Å²) in [5.41, 5.74) is 0. The summed E-state index contributed by atoms with van der Waals surface area (Å²) in [7, 11) is 0. The second kappa shape index (κ2) is 8.06. The van der Waals surface area contributed by atoms with E-state index in [0.29, 0.717) is 0 Å². The molecule has 1 nitrogen and oxygen atoms in total. The molecule has 0 heterocycles. The normalized spacial score (nSPS) is 13.4. The van der Waals surface area contributed by atoms with Gasteiger partial charge in [-0.1, -0.05) is 33.6 Å². The molecule has 0 saturated carbocycles. The first kappa shape index (κ1) is 11.0. The van der Waals surface area contributed by atoms with Gasteiger partial charge in [0.25, 0.3) is 0 Å². The summed E-state index contributed by atoms with van der Waals surface area (Å²) < 4.78 is 0. The number of hydrogen-bond acceptors (Lipinski definition) is 1. The molecule has 0 aliphatic carbocycles. The highest BCUT2D eigenvalue weighted by atomic mass is 14.8. The van der Waals surface area contributed by atoms with E-state index in [0.717, 1.165) is 5.92 Å². The maximum atomic E-state index is 3.47. The van der Waals surface area contributed by atoms with Crippen molar-refractivity contribution in [1.29, 1.82) is 0 Å². The van der Waals surface area contributed by atoms with Gasteiger partial charge in [0.05, 0.1) is 0 Å². The van der Waals surface area contributed by atoms with Gasteiger partial charge in [-0.25, -0.2) is 0 Å². The van der Waals surface area contributed by atoms with Crippen molar-refractivity contribution in [3.05, 3.63) is 0 Å². The van der Waals surface area contributed by atoms with E-state index in [1.54, 1.807) is 0 Å². The van der Waals surface area contributed by atoms with Crippen molar-refractivity contribution in [1.82, 2.24) is 5.32 Å². The zero-order chi connectivity index (χ0) is 8.53. The van der Waals surface area contributed by atoms with Crippen LogP contribution in [0.2, 0.25) is 0 Å². The van der Waals surface area contributed by atoms with Crippen molar-refractivity contribution >= 4 is 0 Å². The van der Waals surface area contributed by atoms with Gasteiger partial charge in [-0.05, 0) is 31.8 Å². The Bertz CT molecular complexity index is 71.3. The van der Waals surface area contributed by atoms with Gasteiger partial charge in [0, 0.05) is 0 Å². The highest BCUT2D eigenvalue weighted by Crippen LogP contribution is 2.02. The average molecular weight is 157 g/mol. The van der Waals surface area contributed by atoms with Crippen molar-refractivity contribution in [2.24, 2.45) is 5.92 Å². The van der Waals surface area contributed by atoms with Gasteiger partial charge in [0.15, 0.2) is 0 Å². The zero-order valence-corrected chi connectivity index (χ0v) is 8.32. The molecule has 0 saturated heterocycles. The first-order chi connectivity index (χ1) is 5.31. The minimum Gasteiger partial charge on any atom is -0.316 e. The van der Waals surface area contributed by atoms with Crippen LogP contribution in [0.15, 0.2) is 0 Å². The highest BCUT2D eigenvalue weighted by Gasteiger charge is 1.97. The van der Waals surface area contributed by atoms with Crippen LogP contribution in [0.5, 0.6) is 0 Å². The molecule has 0 aliphatic rings. The quantitative estimate of drug-likeness (QED) is 0.560. The molecule has 0 radical (unpaired) electrons. The standard InChI is InChI=1S/C10H23N/c1-4-6-8-11-9-10(3)7-5-2/h10-11H,4-9H2,1-3H3/t10-/m1/s1. The first-order valence-corrected chi connectivity index (χ1v) is 5.02. The lowest BCUT2D eigenvalue weighted by molar-refractivity contribution is 0.472. The second-order valence-corrected chi connectivity index (χ2v) is 3.45. The number of hydrogen-bond donors (Lipinski definition) is 1. The van der Waals surface area contributed by atoms with Gasteiger partial charge in [0.1, 0.15) is 0 Å². The molecule has 0 unspecified atom stereocenters. The molecular formula is C10H23N. The van der Waals surface area contributed by atoms with Crippen LogP contribution in [-0.2, 0) is 0 Å². The maximum Gasteiger partial charge on any atom is -0.00232 e. The van der Waals surface area contributed by atoms with Crippen LogP contribution in [-0.4, -0.2) is 13.1 Å². The lowest BCUT2D eigenvalue weighted by Gasteiger charge is -2.10. The number of rotatable bonds is 7. The third-order valence-corrected chi connectivity index (χ3v) is 1.98. The zero-order valence-electron chi connectivity index (χ0n) is 8.32. The smallest absolute Gasteiger partial charge is 0.00232 e. The van der Waals surface area contributed by atoms with E-state index < -0.39 is 0 Å². The average Bonchev–Trinajstić information content (AvgIpc) is 1.99. The fourth-order valence-corrected chi connectivity index (χ4v) is 1.25. The van der Waals surface area contributed by atoms with Crippen molar-refractivity contribution in [3.63, 3.8) is 0 Å². The third-order valence-electron chi connectivity index (χ3n) is 1.98. The molecule has 11 heavy (non-hydrogen) atoms. The molecule has 1 heteroatoms. The van der Waals surface area contributed by atoms with Crippen molar-refractivity contribution in [2.45, 2.75) is 46.5 Å². The summed E-state index contributed by atoms with van der Waals surface area (Å²) in [6.07, 6.45) is 5.30. The van der Waals surface area contributed by atoms with Gasteiger partial charge in [0.2, 0.25) is 0 Å². The van der Waals surface area contributed by atoms with Gasteiger partial charge in [-0.3, -0.25) is 0 Å². The Labute approximate surface area is 71.6 Å². The summed E-state index contributed by atoms with van der Waals surface area (Å²) in [6, 6.07) is 0. The monoisotopic (exact) mass is 157 g/mol. The second-order valence-electron chi connectivity index (χ2n) is 3.45. The Hall–Kier alpha value is -0.0400. The molecule has 0 aromatic heterocycles. The summed E-state index contributed by atoms with van der Waals surface area (Å²) in [6.45, 7) is 9.21. The Morgan fingerprint density at radius 1 is 1.18 bits per heavy atom. The van der Waals surface area contributed by atoms with Crippen molar-refractivity contribution < 1.29 is 0 Å². The van der Waals surface area contributed by atoms with Crippen LogP contribution in [0, 0.1) is 5.92 Å². The fraction of sp³-hybridized carbons (Fsp3) is 1.00. The van der Waals surface area contributed by atoms with Gasteiger partial charge in [-0.2, -0.15) is 0 Å². The van der Waals surface area contributed by atoms with E-state index >= 15 is 0 Å². The van der Waals surface area contributed by atoms with Crippen LogP contribution < -0.4 is 5.32 Å². The summed E-state index contributed by atoms with van der Waals surface area (Å²) in [5.74, 6) is 0.858. The molecule has 0 amide bonds. The molecule has 0 fully saturated rings. The summed E-state index contributed by atoms with van der Waals surface area (Å²) >= 11 is 0. The Morgan fingerprint density at radius 3 is 2.45 bits per heavy atom.